The maximum Gasteiger partial charge on any atom is 0.494 e. The fourth-order valence-electron chi connectivity index (χ4n) is 6.72. The number of aliphatic hydroxyl groups is 1. The molecule has 0 aliphatic carbocycles. The highest BCUT2D eigenvalue weighted by atomic mass is 16.7. The second-order valence-electron chi connectivity index (χ2n) is 16.6. The van der Waals surface area contributed by atoms with Crippen molar-refractivity contribution >= 4 is 25.5 Å². The summed E-state index contributed by atoms with van der Waals surface area (Å²) in [7, 11) is 1.34. The van der Waals surface area contributed by atoms with Crippen LogP contribution in [0.3, 0.4) is 0 Å². The largest absolute Gasteiger partial charge is 0.494 e. The second-order valence-corrected chi connectivity index (χ2v) is 16.6. The van der Waals surface area contributed by atoms with Crippen LogP contribution in [0.4, 0.5) is 0 Å². The lowest BCUT2D eigenvalue weighted by molar-refractivity contribution is -0.0893. The molecule has 7 heteroatoms. The first-order valence-electron chi connectivity index (χ1n) is 19.1. The molecule has 0 unspecified atom stereocenters. The van der Waals surface area contributed by atoms with Crippen LogP contribution in [0, 0.1) is 0 Å². The average molecular weight is 660 g/mol. The maximum atomic E-state index is 10.7. The summed E-state index contributed by atoms with van der Waals surface area (Å²) in [5.74, 6) is 0.904. The third-order valence-electron chi connectivity index (χ3n) is 11.5. The molecule has 2 aliphatic heterocycles. The lowest BCUT2D eigenvalue weighted by Gasteiger charge is -2.42. The minimum absolute atomic E-state index is 0.403. The number of hydrogen-bond donors (Lipinski definition) is 1. The first-order valence-corrected chi connectivity index (χ1v) is 19.1. The van der Waals surface area contributed by atoms with Crippen LogP contribution in [0.15, 0.2) is 36.4 Å². The van der Waals surface area contributed by atoms with E-state index < -0.39 is 35.1 Å². The summed E-state index contributed by atoms with van der Waals surface area (Å²) in [6.45, 7) is 20.4. The fourth-order valence-corrected chi connectivity index (χ4v) is 6.72. The summed E-state index contributed by atoms with van der Waals surface area (Å²) >= 11 is 0. The molecule has 1 fully saturated rings. The number of benzene rings is 2. The first-order chi connectivity index (χ1) is 22.6. The fraction of sp³-hybridized carbons (Fsp3) is 0.707. The Bertz CT molecular complexity index is 1300. The number of rotatable bonds is 19. The van der Waals surface area contributed by atoms with Crippen molar-refractivity contribution in [1.29, 1.82) is 0 Å². The van der Waals surface area contributed by atoms with Gasteiger partial charge in [-0.25, -0.2) is 0 Å². The molecule has 4 rings (SSSR count). The molecule has 2 aromatic carbocycles. The Morgan fingerprint density at radius 2 is 1.23 bits per heavy atom. The van der Waals surface area contributed by atoms with Crippen LogP contribution in [0.25, 0.3) is 11.1 Å². The van der Waals surface area contributed by atoms with Gasteiger partial charge in [0.25, 0.3) is 0 Å². The first kappa shape index (κ1) is 39.0. The summed E-state index contributed by atoms with van der Waals surface area (Å²) in [6, 6.07) is 13.2. The highest BCUT2D eigenvalue weighted by Crippen LogP contribution is 2.49. The number of hydrogen-bond acceptors (Lipinski definition) is 5. The Kier molecular flexibility index (Phi) is 13.0. The predicted molar refractivity (Wildman–Crippen MR) is 203 cm³/mol. The third kappa shape index (κ3) is 9.11. The van der Waals surface area contributed by atoms with Gasteiger partial charge in [-0.1, -0.05) is 108 Å². The topological polar surface area (TPSA) is 57.2 Å². The second kappa shape index (κ2) is 16.0. The lowest BCUT2D eigenvalue weighted by Crippen LogP contribution is -2.49. The van der Waals surface area contributed by atoms with E-state index in [0.29, 0.717) is 0 Å². The highest BCUT2D eigenvalue weighted by molar-refractivity contribution is 6.62. The molecular formula is C41H65B2O5. The van der Waals surface area contributed by atoms with Crippen molar-refractivity contribution in [3.05, 3.63) is 42.0 Å². The SMILES string of the molecule is CCCCCCCCC1(CCCCCCCC)Oc2cc([B]OC(C)(C)C(C)(C)O)ccc2-c2ccc(B3OC(C)(C)C(C)(C)O3)cc21. The molecule has 0 amide bonds. The molecule has 1 N–H and O–H groups in total. The Morgan fingerprint density at radius 1 is 0.708 bits per heavy atom. The third-order valence-corrected chi connectivity index (χ3v) is 11.5. The van der Waals surface area contributed by atoms with Crippen molar-refractivity contribution in [3.63, 3.8) is 0 Å². The smallest absolute Gasteiger partial charge is 0.482 e. The minimum atomic E-state index is -0.995. The van der Waals surface area contributed by atoms with Crippen molar-refractivity contribution in [2.75, 3.05) is 0 Å². The molecule has 0 spiro atoms. The van der Waals surface area contributed by atoms with Gasteiger partial charge >= 0.3 is 14.6 Å². The zero-order chi connectivity index (χ0) is 35.2. The molecular weight excluding hydrogens is 594 g/mol. The average Bonchev–Trinajstić information content (AvgIpc) is 3.24. The number of unbranched alkanes of at least 4 members (excludes halogenated alkanes) is 10. The minimum Gasteiger partial charge on any atom is -0.482 e. The van der Waals surface area contributed by atoms with Gasteiger partial charge in [0, 0.05) is 11.1 Å². The molecule has 1 saturated heterocycles. The summed E-state index contributed by atoms with van der Waals surface area (Å²) in [5, 5.41) is 10.7. The summed E-state index contributed by atoms with van der Waals surface area (Å²) < 4.78 is 26.6. The van der Waals surface area contributed by atoms with Crippen LogP contribution < -0.4 is 15.7 Å². The van der Waals surface area contributed by atoms with Gasteiger partial charge in [0.1, 0.15) is 11.4 Å². The van der Waals surface area contributed by atoms with E-state index in [4.69, 9.17) is 18.7 Å². The normalized spacial score (nSPS) is 17.9. The summed E-state index contributed by atoms with van der Waals surface area (Å²) in [6.07, 6.45) is 16.9. The van der Waals surface area contributed by atoms with Gasteiger partial charge in [-0.05, 0) is 104 Å². The van der Waals surface area contributed by atoms with Crippen molar-refractivity contribution in [3.8, 4) is 16.9 Å². The monoisotopic (exact) mass is 660 g/mol. The Morgan fingerprint density at radius 3 is 1.77 bits per heavy atom. The molecule has 1 radical (unpaired) electrons. The van der Waals surface area contributed by atoms with Gasteiger partial charge in [0.15, 0.2) is 0 Å². The molecule has 0 aromatic heterocycles. The van der Waals surface area contributed by atoms with Crippen LogP contribution in [-0.4, -0.2) is 42.1 Å². The van der Waals surface area contributed by atoms with Gasteiger partial charge in [-0.3, -0.25) is 0 Å². The molecule has 0 bridgehead atoms. The van der Waals surface area contributed by atoms with Crippen molar-refractivity contribution in [2.24, 2.45) is 0 Å². The van der Waals surface area contributed by atoms with Gasteiger partial charge in [-0.2, -0.15) is 0 Å². The zero-order valence-corrected chi connectivity index (χ0v) is 32.1. The van der Waals surface area contributed by atoms with E-state index in [1.165, 1.54) is 75.3 Å². The van der Waals surface area contributed by atoms with Gasteiger partial charge in [-0.15, -0.1) is 0 Å². The van der Waals surface area contributed by atoms with Crippen LogP contribution >= 0.6 is 0 Å². The standard InChI is InChI=1S/C41H65B2O5/c1-11-13-15-17-19-21-27-41(28-22-20-18-16-14-12-2)35-30-32(43-47-39(7,8)40(9,10)48-43)24-26-33(35)34-25-23-31(29-36(34)45-41)42-46-38(5,6)37(3,4)44/h23-26,29-30,44H,11-22,27-28H2,1-10H3. The van der Waals surface area contributed by atoms with E-state index in [0.717, 1.165) is 47.9 Å². The molecule has 265 valence electrons. The number of ether oxygens (including phenoxy) is 1. The Labute approximate surface area is 294 Å². The quantitative estimate of drug-likeness (QED) is 0.120. The highest BCUT2D eigenvalue weighted by Gasteiger charge is 2.52. The van der Waals surface area contributed by atoms with E-state index in [1.54, 1.807) is 21.3 Å². The number of fused-ring (bicyclic) bond motifs is 3. The van der Waals surface area contributed by atoms with E-state index in [9.17, 15) is 5.11 Å². The van der Waals surface area contributed by atoms with Crippen molar-refractivity contribution < 1.29 is 23.8 Å². The van der Waals surface area contributed by atoms with Crippen molar-refractivity contribution in [2.45, 2.75) is 187 Å². The van der Waals surface area contributed by atoms with Gasteiger partial charge in [0.2, 0.25) is 0 Å². The van der Waals surface area contributed by atoms with E-state index in [2.05, 4.69) is 77.9 Å². The Balaban J connectivity index is 1.72. The molecule has 5 nitrogen and oxygen atoms in total. The van der Waals surface area contributed by atoms with E-state index in [-0.39, 0.29) is 0 Å². The van der Waals surface area contributed by atoms with Crippen LogP contribution in [-0.2, 0) is 19.6 Å². The van der Waals surface area contributed by atoms with E-state index >= 15 is 0 Å². The molecule has 2 aliphatic rings. The van der Waals surface area contributed by atoms with E-state index in [1.807, 2.05) is 13.8 Å². The van der Waals surface area contributed by atoms with Crippen LogP contribution in [0.2, 0.25) is 0 Å². The zero-order valence-electron chi connectivity index (χ0n) is 32.1. The summed E-state index contributed by atoms with van der Waals surface area (Å²) in [4.78, 5) is 0. The van der Waals surface area contributed by atoms with Crippen LogP contribution in [0.1, 0.15) is 165 Å². The summed E-state index contributed by atoms with van der Waals surface area (Å²) in [5.41, 5.74) is 2.59. The van der Waals surface area contributed by atoms with Crippen LogP contribution in [0.5, 0.6) is 5.75 Å². The molecule has 2 heterocycles. The molecule has 0 atom stereocenters. The Hall–Kier alpha value is -1.79. The van der Waals surface area contributed by atoms with Crippen molar-refractivity contribution in [1.82, 2.24) is 0 Å². The maximum absolute atomic E-state index is 10.7. The molecule has 0 saturated carbocycles. The lowest BCUT2D eigenvalue weighted by atomic mass is 9.71. The predicted octanol–water partition coefficient (Wildman–Crippen LogP) is 9.55. The molecule has 48 heavy (non-hydrogen) atoms. The van der Waals surface area contributed by atoms with Gasteiger partial charge in [0.05, 0.1) is 22.4 Å². The van der Waals surface area contributed by atoms with Gasteiger partial charge < -0.3 is 23.8 Å². The molecule has 2 aromatic rings.